The van der Waals surface area contributed by atoms with Crippen molar-refractivity contribution in [3.63, 3.8) is 0 Å². The third-order valence-electron chi connectivity index (χ3n) is 5.93. The number of nitrogens with zero attached hydrogens (tertiary/aromatic N) is 2. The van der Waals surface area contributed by atoms with Crippen LogP contribution in [0.1, 0.15) is 44.9 Å². The molecule has 1 aromatic heterocycles. The Kier molecular flexibility index (Phi) is 6.92. The lowest BCUT2D eigenvalue weighted by Gasteiger charge is -2.38. The Morgan fingerprint density at radius 3 is 2.44 bits per heavy atom. The highest BCUT2D eigenvalue weighted by Gasteiger charge is 2.48. The number of rotatable bonds is 6. The molecule has 36 heavy (non-hydrogen) atoms. The van der Waals surface area contributed by atoms with Gasteiger partial charge in [0.05, 0.1) is 29.1 Å². The summed E-state index contributed by atoms with van der Waals surface area (Å²) in [6, 6.07) is 2.53. The van der Waals surface area contributed by atoms with Crippen molar-refractivity contribution in [2.45, 2.75) is 46.3 Å². The molecule has 190 valence electrons. The maximum atomic E-state index is 13.6. The largest absolute Gasteiger partial charge is 0.464 e. The number of hydrogen-bond donors (Lipinski definition) is 0. The van der Waals surface area contributed by atoms with E-state index in [-0.39, 0.29) is 46.7 Å². The van der Waals surface area contributed by atoms with Gasteiger partial charge >= 0.3 is 11.9 Å². The average molecular weight is 517 g/mol. The Labute approximate surface area is 209 Å². The topological polar surface area (TPSA) is 138 Å². The predicted molar refractivity (Wildman–Crippen MR) is 130 cm³/mol. The summed E-state index contributed by atoms with van der Waals surface area (Å²) in [6.45, 7) is 8.46. The molecule has 4 rings (SSSR count). The van der Waals surface area contributed by atoms with Gasteiger partial charge in [-0.15, -0.1) is 0 Å². The number of carbonyl (C=O) groups is 2. The minimum Gasteiger partial charge on any atom is -0.464 e. The summed E-state index contributed by atoms with van der Waals surface area (Å²) >= 11 is 1.31. The molecule has 0 N–H and O–H groups in total. The van der Waals surface area contributed by atoms with Gasteiger partial charge in [-0.25, -0.2) is 9.59 Å². The van der Waals surface area contributed by atoms with E-state index >= 15 is 0 Å². The van der Waals surface area contributed by atoms with E-state index in [2.05, 4.69) is 0 Å². The maximum Gasteiger partial charge on any atom is 0.355 e. The molecule has 0 fully saturated rings. The van der Waals surface area contributed by atoms with Gasteiger partial charge in [0.25, 0.3) is 5.69 Å². The molecule has 1 aromatic carbocycles. The second kappa shape index (κ2) is 9.78. The molecule has 0 aliphatic carbocycles. The van der Waals surface area contributed by atoms with E-state index in [1.165, 1.54) is 24.8 Å². The van der Waals surface area contributed by atoms with Gasteiger partial charge in [0.2, 0.25) is 0 Å². The van der Waals surface area contributed by atoms with E-state index in [1.54, 1.807) is 25.7 Å². The molecule has 2 aromatic rings. The Hall–Kier alpha value is -3.64. The van der Waals surface area contributed by atoms with Crippen molar-refractivity contribution in [3.05, 3.63) is 71.7 Å². The molecule has 2 aliphatic rings. The molecule has 2 unspecified atom stereocenters. The molecule has 0 radical (unpaired) electrons. The quantitative estimate of drug-likeness (QED) is 0.312. The third-order valence-corrected chi connectivity index (χ3v) is 7.10. The van der Waals surface area contributed by atoms with Crippen molar-refractivity contribution in [3.8, 4) is 0 Å². The average Bonchev–Trinajstić information content (AvgIpc) is 3.11. The molecule has 2 aliphatic heterocycles. The SMILES string of the molecule is CCOC(=O)C1=C(C(=O)OCC)N2C(C)=C(C)SC2OC1c1coc2cc(C)c([N+](=O)[O-])cc2c1=O. The number of aryl methyl sites for hydroxylation is 1. The summed E-state index contributed by atoms with van der Waals surface area (Å²) in [5.74, 6) is -1.63. The van der Waals surface area contributed by atoms with Crippen LogP contribution in [0.15, 0.2) is 49.5 Å². The number of carbonyl (C=O) groups excluding carboxylic acids is 2. The zero-order valence-electron chi connectivity index (χ0n) is 20.3. The van der Waals surface area contributed by atoms with Crippen LogP contribution in [-0.4, -0.2) is 40.5 Å². The van der Waals surface area contributed by atoms with Crippen molar-refractivity contribution in [2.24, 2.45) is 0 Å². The normalized spacial score (nSPS) is 19.5. The zero-order valence-corrected chi connectivity index (χ0v) is 21.1. The highest BCUT2D eigenvalue weighted by Crippen LogP contribution is 2.49. The first kappa shape index (κ1) is 25.5. The molecule has 0 spiro atoms. The molecule has 0 bridgehead atoms. The number of allylic oxidation sites excluding steroid dienone is 2. The second-order valence-corrected chi connectivity index (χ2v) is 9.32. The predicted octanol–water partition coefficient (Wildman–Crippen LogP) is 4.05. The number of ether oxygens (including phenoxy) is 3. The van der Waals surface area contributed by atoms with Crippen LogP contribution >= 0.6 is 11.8 Å². The Balaban J connectivity index is 1.99. The molecule has 0 amide bonds. The first-order valence-electron chi connectivity index (χ1n) is 11.2. The van der Waals surface area contributed by atoms with E-state index in [1.807, 2.05) is 6.92 Å². The van der Waals surface area contributed by atoms with Crippen LogP contribution in [0.3, 0.4) is 0 Å². The Morgan fingerprint density at radius 2 is 1.81 bits per heavy atom. The minimum absolute atomic E-state index is 0.00891. The number of fused-ring (bicyclic) bond motifs is 2. The number of nitro benzene ring substituents is 1. The lowest BCUT2D eigenvalue weighted by atomic mass is 9.97. The molecule has 12 heteroatoms. The van der Waals surface area contributed by atoms with Gasteiger partial charge in [-0.3, -0.25) is 14.9 Å². The smallest absolute Gasteiger partial charge is 0.355 e. The van der Waals surface area contributed by atoms with Crippen LogP contribution < -0.4 is 5.43 Å². The molecular formula is C24H24N2O9S. The van der Waals surface area contributed by atoms with E-state index in [4.69, 9.17) is 18.6 Å². The number of esters is 2. The fourth-order valence-corrected chi connectivity index (χ4v) is 5.23. The fraction of sp³-hybridized carbons (Fsp3) is 0.375. The summed E-state index contributed by atoms with van der Waals surface area (Å²) in [4.78, 5) is 53.2. The molecule has 3 heterocycles. The monoisotopic (exact) mass is 516 g/mol. The van der Waals surface area contributed by atoms with E-state index < -0.39 is 34.0 Å². The maximum absolute atomic E-state index is 13.6. The molecule has 0 saturated carbocycles. The molecule has 11 nitrogen and oxygen atoms in total. The second-order valence-electron chi connectivity index (χ2n) is 8.07. The van der Waals surface area contributed by atoms with Crippen LogP contribution in [0.2, 0.25) is 0 Å². The number of hydrogen-bond acceptors (Lipinski definition) is 11. The number of nitro groups is 1. The van der Waals surface area contributed by atoms with Gasteiger partial charge in [-0.05, 0) is 40.7 Å². The third kappa shape index (κ3) is 4.16. The number of thioether (sulfide) groups is 1. The first-order valence-corrected chi connectivity index (χ1v) is 12.1. The van der Waals surface area contributed by atoms with Crippen LogP contribution in [0.25, 0.3) is 11.0 Å². The molecular weight excluding hydrogens is 492 g/mol. The summed E-state index contributed by atoms with van der Waals surface area (Å²) < 4.78 is 22.3. The molecule has 2 atom stereocenters. The Bertz CT molecular complexity index is 1410. The standard InChI is InChI=1S/C24H24N2O9S/c1-6-32-22(28)18-19(23(29)33-7-2)25-12(4)13(5)36-24(25)35-21(18)15-10-34-17-8-11(3)16(26(30)31)9-14(17)20(15)27/h8-10,21,24H,6-7H2,1-5H3. The molecule has 0 saturated heterocycles. The van der Waals surface area contributed by atoms with Crippen LogP contribution in [0, 0.1) is 17.0 Å². The summed E-state index contributed by atoms with van der Waals surface area (Å²) in [6.07, 6.45) is -0.206. The first-order chi connectivity index (χ1) is 17.1. The van der Waals surface area contributed by atoms with E-state index in [0.29, 0.717) is 11.3 Å². The van der Waals surface area contributed by atoms with Gasteiger partial charge in [0.1, 0.15) is 29.2 Å². The van der Waals surface area contributed by atoms with Gasteiger partial charge in [0, 0.05) is 22.2 Å². The van der Waals surface area contributed by atoms with Crippen molar-refractivity contribution in [1.82, 2.24) is 4.90 Å². The van der Waals surface area contributed by atoms with Crippen molar-refractivity contribution >= 4 is 40.4 Å². The number of benzene rings is 1. The van der Waals surface area contributed by atoms with Crippen LogP contribution in [-0.2, 0) is 23.8 Å². The van der Waals surface area contributed by atoms with Crippen molar-refractivity contribution < 1.29 is 33.1 Å². The highest BCUT2D eigenvalue weighted by atomic mass is 32.2. The van der Waals surface area contributed by atoms with Crippen molar-refractivity contribution in [1.29, 1.82) is 0 Å². The van der Waals surface area contributed by atoms with Gasteiger partial charge in [0.15, 0.2) is 11.0 Å². The Morgan fingerprint density at radius 1 is 1.14 bits per heavy atom. The van der Waals surface area contributed by atoms with Gasteiger partial charge in [-0.1, -0.05) is 11.8 Å². The lowest BCUT2D eigenvalue weighted by Crippen LogP contribution is -2.43. The van der Waals surface area contributed by atoms with Gasteiger partial charge < -0.3 is 23.5 Å². The van der Waals surface area contributed by atoms with Crippen molar-refractivity contribution in [2.75, 3.05) is 13.2 Å². The van der Waals surface area contributed by atoms with Crippen LogP contribution in [0.5, 0.6) is 0 Å². The summed E-state index contributed by atoms with van der Waals surface area (Å²) in [7, 11) is 0. The zero-order chi connectivity index (χ0) is 26.3. The highest BCUT2D eigenvalue weighted by molar-refractivity contribution is 8.03. The van der Waals surface area contributed by atoms with E-state index in [0.717, 1.165) is 17.2 Å². The fourth-order valence-electron chi connectivity index (χ4n) is 4.12. The van der Waals surface area contributed by atoms with E-state index in [9.17, 15) is 24.5 Å². The summed E-state index contributed by atoms with van der Waals surface area (Å²) in [5.41, 5.74) is -0.913. The van der Waals surface area contributed by atoms with Gasteiger partial charge in [-0.2, -0.15) is 0 Å². The minimum atomic E-state index is -1.35. The lowest BCUT2D eigenvalue weighted by molar-refractivity contribution is -0.385. The van der Waals surface area contributed by atoms with Crippen LogP contribution in [0.4, 0.5) is 5.69 Å². The summed E-state index contributed by atoms with van der Waals surface area (Å²) in [5, 5.41) is 11.4.